The number of anilines is 6. The molecule has 0 N–H and O–H groups in total. The Labute approximate surface area is 337 Å². The lowest BCUT2D eigenvalue weighted by Gasteiger charge is -2.36. The minimum Gasteiger partial charge on any atom is -0.311 e. The van der Waals surface area contributed by atoms with E-state index in [-0.39, 0.29) is 10.8 Å². The summed E-state index contributed by atoms with van der Waals surface area (Å²) in [6.45, 7) is 4.72. The largest absolute Gasteiger partial charge is 0.311 e. The molecule has 0 bridgehead atoms. The van der Waals surface area contributed by atoms with E-state index < -0.39 is 0 Å². The van der Waals surface area contributed by atoms with Gasteiger partial charge in [0, 0.05) is 45.0 Å². The lowest BCUT2D eigenvalue weighted by molar-refractivity contribution is 0.530. The van der Waals surface area contributed by atoms with Crippen LogP contribution in [-0.4, -0.2) is 0 Å². The van der Waals surface area contributed by atoms with Crippen molar-refractivity contribution in [1.29, 1.82) is 0 Å². The van der Waals surface area contributed by atoms with Crippen molar-refractivity contribution in [1.82, 2.24) is 0 Å². The molecule has 276 valence electrons. The maximum absolute atomic E-state index is 2.47. The van der Waals surface area contributed by atoms with Gasteiger partial charge in [-0.05, 0) is 136 Å². The SMILES string of the molecule is CC1(C)c2ccccc2-c2ccc(N(c3ccc(C4(c5ccc(N(c6ccccc6)c6ccccc6)cc5)C=CCCC4)cc3)c3ccc4ccccc4c3)cc21. The number of benzene rings is 8. The molecule has 0 heterocycles. The molecular weight excluding hydrogens is 689 g/mol. The zero-order valence-corrected chi connectivity index (χ0v) is 32.6. The Hall–Kier alpha value is -6.64. The molecule has 8 aromatic rings. The van der Waals surface area contributed by atoms with E-state index in [0.29, 0.717) is 0 Å². The fraction of sp³-hybridized carbons (Fsp3) is 0.127. The molecule has 0 saturated heterocycles. The molecule has 2 aliphatic rings. The van der Waals surface area contributed by atoms with Gasteiger partial charge in [0.1, 0.15) is 0 Å². The summed E-state index contributed by atoms with van der Waals surface area (Å²) in [5, 5.41) is 2.48. The van der Waals surface area contributed by atoms with Crippen LogP contribution >= 0.6 is 0 Å². The van der Waals surface area contributed by atoms with E-state index in [4.69, 9.17) is 0 Å². The molecule has 10 rings (SSSR count). The molecule has 57 heavy (non-hydrogen) atoms. The molecule has 0 aliphatic heterocycles. The molecule has 2 aliphatic carbocycles. The van der Waals surface area contributed by atoms with Crippen LogP contribution in [0.2, 0.25) is 0 Å². The van der Waals surface area contributed by atoms with Gasteiger partial charge in [-0.25, -0.2) is 0 Å². The zero-order chi connectivity index (χ0) is 38.4. The average Bonchev–Trinajstić information content (AvgIpc) is 3.50. The number of nitrogens with zero attached hydrogens (tertiary/aromatic N) is 2. The Morgan fingerprint density at radius 2 is 0.895 bits per heavy atom. The molecule has 8 aromatic carbocycles. The predicted octanol–water partition coefficient (Wildman–Crippen LogP) is 15.1. The normalized spacial score (nSPS) is 16.5. The highest BCUT2D eigenvalue weighted by atomic mass is 15.1. The van der Waals surface area contributed by atoms with Crippen molar-refractivity contribution in [3.05, 3.63) is 229 Å². The Morgan fingerprint density at radius 1 is 0.404 bits per heavy atom. The van der Waals surface area contributed by atoms with E-state index in [1.54, 1.807) is 0 Å². The second-order valence-corrected chi connectivity index (χ2v) is 16.1. The van der Waals surface area contributed by atoms with Crippen LogP contribution in [-0.2, 0) is 10.8 Å². The molecule has 0 spiro atoms. The molecule has 0 radical (unpaired) electrons. The van der Waals surface area contributed by atoms with E-state index >= 15 is 0 Å². The third-order valence-electron chi connectivity index (χ3n) is 12.5. The van der Waals surface area contributed by atoms with Crippen LogP contribution in [0.3, 0.4) is 0 Å². The van der Waals surface area contributed by atoms with Gasteiger partial charge in [0.25, 0.3) is 0 Å². The first-order chi connectivity index (χ1) is 28.0. The third-order valence-corrected chi connectivity index (χ3v) is 12.5. The molecule has 1 unspecified atom stereocenters. The van der Waals surface area contributed by atoms with Crippen molar-refractivity contribution in [3.63, 3.8) is 0 Å². The lowest BCUT2D eigenvalue weighted by atomic mass is 9.69. The van der Waals surface area contributed by atoms with Crippen LogP contribution in [0.15, 0.2) is 206 Å². The summed E-state index contributed by atoms with van der Waals surface area (Å²) in [7, 11) is 0. The zero-order valence-electron chi connectivity index (χ0n) is 32.6. The van der Waals surface area contributed by atoms with Crippen molar-refractivity contribution in [3.8, 4) is 11.1 Å². The van der Waals surface area contributed by atoms with Gasteiger partial charge in [0.15, 0.2) is 0 Å². The van der Waals surface area contributed by atoms with E-state index in [9.17, 15) is 0 Å². The van der Waals surface area contributed by atoms with Crippen molar-refractivity contribution in [2.75, 3.05) is 9.80 Å². The summed E-state index contributed by atoms with van der Waals surface area (Å²) in [6.07, 6.45) is 8.18. The fourth-order valence-electron chi connectivity index (χ4n) is 9.53. The first kappa shape index (κ1) is 34.8. The summed E-state index contributed by atoms with van der Waals surface area (Å²) in [6, 6.07) is 71.5. The van der Waals surface area contributed by atoms with E-state index in [1.807, 2.05) is 0 Å². The third kappa shape index (κ3) is 6.04. The minimum atomic E-state index is -0.212. The van der Waals surface area contributed by atoms with Gasteiger partial charge in [-0.1, -0.05) is 147 Å². The monoisotopic (exact) mass is 734 g/mol. The second kappa shape index (κ2) is 14.1. The summed E-state index contributed by atoms with van der Waals surface area (Å²) >= 11 is 0. The van der Waals surface area contributed by atoms with Gasteiger partial charge in [-0.15, -0.1) is 0 Å². The predicted molar refractivity (Wildman–Crippen MR) is 241 cm³/mol. The first-order valence-corrected chi connectivity index (χ1v) is 20.3. The van der Waals surface area contributed by atoms with Crippen molar-refractivity contribution < 1.29 is 0 Å². The first-order valence-electron chi connectivity index (χ1n) is 20.3. The number of para-hydroxylation sites is 2. The van der Waals surface area contributed by atoms with E-state index in [1.165, 1.54) is 49.8 Å². The van der Waals surface area contributed by atoms with Crippen LogP contribution < -0.4 is 9.80 Å². The van der Waals surface area contributed by atoms with Gasteiger partial charge in [-0.2, -0.15) is 0 Å². The Morgan fingerprint density at radius 3 is 1.53 bits per heavy atom. The van der Waals surface area contributed by atoms with Crippen LogP contribution in [0.4, 0.5) is 34.1 Å². The average molecular weight is 735 g/mol. The summed E-state index contributed by atoms with van der Waals surface area (Å²) in [5.74, 6) is 0. The number of hydrogen-bond donors (Lipinski definition) is 0. The smallest absolute Gasteiger partial charge is 0.0468 e. The molecule has 2 nitrogen and oxygen atoms in total. The van der Waals surface area contributed by atoms with Crippen LogP contribution in [0.5, 0.6) is 0 Å². The van der Waals surface area contributed by atoms with E-state index in [2.05, 4.69) is 230 Å². The summed E-state index contributed by atoms with van der Waals surface area (Å²) in [5.41, 5.74) is 14.7. The number of allylic oxidation sites excluding steroid dienone is 2. The minimum absolute atomic E-state index is 0.0880. The standard InChI is InChI=1S/C55H46N2/c1-54(2)52-23-13-12-22-50(52)51-35-34-49(39-53(51)54)57(48-29-24-40-16-10-11-17-41(40)38-48)47-32-27-43(28-33-47)55(36-14-5-15-37-55)42-25-30-46(31-26-42)56(44-18-6-3-7-19-44)45-20-8-4-9-21-45/h3-4,6-14,16-36,38-39H,5,15,37H2,1-2H3. The molecule has 0 aromatic heterocycles. The molecule has 2 heteroatoms. The van der Waals surface area contributed by atoms with Crippen LogP contribution in [0.25, 0.3) is 21.9 Å². The van der Waals surface area contributed by atoms with Gasteiger partial charge >= 0.3 is 0 Å². The topological polar surface area (TPSA) is 6.48 Å². The number of rotatable bonds is 8. The highest BCUT2D eigenvalue weighted by Crippen LogP contribution is 2.51. The van der Waals surface area contributed by atoms with Gasteiger partial charge in [0.05, 0.1) is 0 Å². The van der Waals surface area contributed by atoms with Crippen molar-refractivity contribution >= 4 is 44.9 Å². The van der Waals surface area contributed by atoms with Gasteiger partial charge in [-0.3, -0.25) is 0 Å². The van der Waals surface area contributed by atoms with Gasteiger partial charge < -0.3 is 9.80 Å². The highest BCUT2D eigenvalue weighted by Gasteiger charge is 2.36. The van der Waals surface area contributed by atoms with E-state index in [0.717, 1.165) is 47.7 Å². The number of hydrogen-bond acceptors (Lipinski definition) is 2. The highest BCUT2D eigenvalue weighted by molar-refractivity contribution is 5.91. The van der Waals surface area contributed by atoms with Crippen LogP contribution in [0, 0.1) is 0 Å². The molecule has 0 amide bonds. The fourth-order valence-corrected chi connectivity index (χ4v) is 9.53. The van der Waals surface area contributed by atoms with Gasteiger partial charge in [0.2, 0.25) is 0 Å². The summed E-state index contributed by atoms with van der Waals surface area (Å²) < 4.78 is 0. The Kier molecular flexibility index (Phi) is 8.64. The van der Waals surface area contributed by atoms with Crippen molar-refractivity contribution in [2.45, 2.75) is 43.9 Å². The maximum Gasteiger partial charge on any atom is 0.0468 e. The maximum atomic E-state index is 2.47. The number of fused-ring (bicyclic) bond motifs is 4. The summed E-state index contributed by atoms with van der Waals surface area (Å²) in [4.78, 5) is 4.78. The Balaban J connectivity index is 1.05. The second-order valence-electron chi connectivity index (χ2n) is 16.1. The molecule has 0 saturated carbocycles. The molecule has 1 atom stereocenters. The van der Waals surface area contributed by atoms with Crippen LogP contribution in [0.1, 0.15) is 55.4 Å². The van der Waals surface area contributed by atoms with Crippen molar-refractivity contribution in [2.24, 2.45) is 0 Å². The molecular formula is C55H46N2. The quantitative estimate of drug-likeness (QED) is 0.143. The lowest BCUT2D eigenvalue weighted by Crippen LogP contribution is -2.27. The Bertz CT molecular complexity index is 2690. The molecule has 0 fully saturated rings.